The molecule has 2 aromatic rings. The predicted molar refractivity (Wildman–Crippen MR) is 104 cm³/mol. The number of halogens is 1. The molecule has 2 heterocycles. The van der Waals surface area contributed by atoms with Gasteiger partial charge in [0.05, 0.1) is 11.0 Å². The Morgan fingerprint density at radius 1 is 1.35 bits per heavy atom. The first kappa shape index (κ1) is 17.1. The number of ether oxygens (including phenoxy) is 1. The van der Waals surface area contributed by atoms with E-state index >= 15 is 0 Å². The molecule has 1 N–H and O–H groups in total. The number of nitrogens with zero attached hydrogens (tertiary/aromatic N) is 2. The lowest BCUT2D eigenvalue weighted by atomic mass is 9.80. The van der Waals surface area contributed by atoms with E-state index in [1.54, 1.807) is 18.2 Å². The fourth-order valence-electron chi connectivity index (χ4n) is 3.72. The van der Waals surface area contributed by atoms with Crippen molar-refractivity contribution in [2.24, 2.45) is 5.92 Å². The maximum absolute atomic E-state index is 11.1. The zero-order valence-corrected chi connectivity index (χ0v) is 15.7. The Morgan fingerprint density at radius 3 is 2.81 bits per heavy atom. The Balaban J connectivity index is 1.84. The molecule has 0 aromatic heterocycles. The molecule has 0 aliphatic carbocycles. The lowest BCUT2D eigenvalue weighted by Crippen LogP contribution is -2.69. The fourth-order valence-corrected chi connectivity index (χ4v) is 4.32. The first-order valence-electron chi connectivity index (χ1n) is 8.15. The topological polar surface area (TPSA) is 67.6 Å². The number of hydrogen-bond acceptors (Lipinski definition) is 4. The highest BCUT2D eigenvalue weighted by atomic mass is 35.5. The second-order valence-electron chi connectivity index (χ2n) is 6.67. The van der Waals surface area contributed by atoms with E-state index < -0.39 is 10.6 Å². The van der Waals surface area contributed by atoms with Crippen molar-refractivity contribution in [3.8, 4) is 5.75 Å². The molecule has 1 saturated heterocycles. The van der Waals surface area contributed by atoms with Gasteiger partial charge in [0.1, 0.15) is 5.75 Å². The molecule has 8 heteroatoms. The summed E-state index contributed by atoms with van der Waals surface area (Å²) in [5, 5.41) is 15.6. The van der Waals surface area contributed by atoms with Gasteiger partial charge < -0.3 is 10.1 Å². The van der Waals surface area contributed by atoms with Crippen LogP contribution in [-0.4, -0.2) is 15.8 Å². The number of nitrogens with one attached hydrogen (secondary N) is 1. The van der Waals surface area contributed by atoms with Gasteiger partial charge in [-0.15, -0.1) is 0 Å². The van der Waals surface area contributed by atoms with E-state index in [2.05, 4.69) is 5.32 Å². The van der Waals surface area contributed by atoms with Gasteiger partial charge in [0.25, 0.3) is 5.69 Å². The third-order valence-electron chi connectivity index (χ3n) is 5.19. The van der Waals surface area contributed by atoms with E-state index in [4.69, 9.17) is 28.6 Å². The van der Waals surface area contributed by atoms with Crippen molar-refractivity contribution in [3.05, 3.63) is 63.2 Å². The molecule has 2 aliphatic rings. The van der Waals surface area contributed by atoms with E-state index in [1.165, 1.54) is 6.07 Å². The van der Waals surface area contributed by atoms with Gasteiger partial charge in [-0.3, -0.25) is 15.0 Å². The first-order valence-corrected chi connectivity index (χ1v) is 8.93. The summed E-state index contributed by atoms with van der Waals surface area (Å²) >= 11 is 11.8. The summed E-state index contributed by atoms with van der Waals surface area (Å²) in [4.78, 5) is 12.6. The normalized spacial score (nSPS) is 26.6. The Morgan fingerprint density at radius 2 is 2.12 bits per heavy atom. The van der Waals surface area contributed by atoms with Gasteiger partial charge in [-0.05, 0) is 43.4 Å². The molecular weight excluding hydrogens is 374 g/mol. The first-order chi connectivity index (χ1) is 12.3. The van der Waals surface area contributed by atoms with Crippen molar-refractivity contribution in [2.75, 3.05) is 4.90 Å². The minimum absolute atomic E-state index is 0.0253. The minimum Gasteiger partial charge on any atom is -0.467 e. The number of nitro groups is 1. The van der Waals surface area contributed by atoms with Crippen LogP contribution in [0.5, 0.6) is 5.75 Å². The maximum atomic E-state index is 11.1. The lowest BCUT2D eigenvalue weighted by molar-refractivity contribution is -0.385. The number of hydrogen-bond donors (Lipinski definition) is 1. The molecule has 134 valence electrons. The highest BCUT2D eigenvalue weighted by molar-refractivity contribution is 7.80. The third-order valence-corrected chi connectivity index (χ3v) is 5.73. The van der Waals surface area contributed by atoms with Gasteiger partial charge in [-0.1, -0.05) is 24.6 Å². The summed E-state index contributed by atoms with van der Waals surface area (Å²) in [6.07, 6.45) is 0. The quantitative estimate of drug-likeness (QED) is 0.465. The van der Waals surface area contributed by atoms with E-state index in [-0.39, 0.29) is 17.6 Å². The monoisotopic (exact) mass is 389 g/mol. The maximum Gasteiger partial charge on any atom is 0.270 e. The van der Waals surface area contributed by atoms with Crippen molar-refractivity contribution < 1.29 is 9.66 Å². The minimum atomic E-state index is -0.749. The zero-order chi connectivity index (χ0) is 18.6. The van der Waals surface area contributed by atoms with Crippen LogP contribution in [-0.2, 0) is 0 Å². The summed E-state index contributed by atoms with van der Waals surface area (Å²) < 4.78 is 6.35. The van der Waals surface area contributed by atoms with Gasteiger partial charge in [0, 0.05) is 34.3 Å². The van der Waals surface area contributed by atoms with E-state index in [0.717, 1.165) is 11.3 Å². The van der Waals surface area contributed by atoms with E-state index in [9.17, 15) is 10.1 Å². The largest absolute Gasteiger partial charge is 0.467 e. The Kier molecular flexibility index (Phi) is 3.82. The molecule has 1 fully saturated rings. The van der Waals surface area contributed by atoms with Crippen molar-refractivity contribution in [3.63, 3.8) is 0 Å². The van der Waals surface area contributed by atoms with Crippen LogP contribution in [0, 0.1) is 16.0 Å². The molecule has 2 bridgehead atoms. The van der Waals surface area contributed by atoms with Crippen LogP contribution in [0.25, 0.3) is 0 Å². The zero-order valence-electron chi connectivity index (χ0n) is 14.1. The molecule has 6 nitrogen and oxygen atoms in total. The van der Waals surface area contributed by atoms with Gasteiger partial charge in [0.15, 0.2) is 10.8 Å². The Labute approximate surface area is 160 Å². The smallest absolute Gasteiger partial charge is 0.270 e. The number of rotatable bonds is 2. The summed E-state index contributed by atoms with van der Waals surface area (Å²) in [5.41, 5.74) is 0.861. The number of anilines is 1. The molecule has 0 saturated carbocycles. The lowest BCUT2D eigenvalue weighted by Gasteiger charge is -2.56. The summed E-state index contributed by atoms with van der Waals surface area (Å²) in [7, 11) is 0. The van der Waals surface area contributed by atoms with Crippen LogP contribution < -0.4 is 15.0 Å². The second-order valence-corrected chi connectivity index (χ2v) is 7.49. The summed E-state index contributed by atoms with van der Waals surface area (Å²) in [6, 6.07) is 11.9. The standard InChI is InChI=1S/C18H16ClN3O3S/c1-10-16-14-9-13(22(23)24)6-7-15(14)25-18(10,2)21(17(26)20-16)12-5-3-4-11(19)8-12/h3-10,16H,1-2H3,(H,20,26)/t10-,16-,18-/m0/s1. The summed E-state index contributed by atoms with van der Waals surface area (Å²) in [5.74, 6) is 0.589. The van der Waals surface area contributed by atoms with Gasteiger partial charge in [-0.2, -0.15) is 0 Å². The molecule has 2 aromatic carbocycles. The van der Waals surface area contributed by atoms with Crippen LogP contribution in [0.3, 0.4) is 0 Å². The molecule has 0 amide bonds. The number of fused-ring (bicyclic) bond motifs is 4. The highest BCUT2D eigenvalue weighted by Crippen LogP contribution is 2.49. The van der Waals surface area contributed by atoms with Crippen molar-refractivity contribution in [1.29, 1.82) is 0 Å². The van der Waals surface area contributed by atoms with Crippen LogP contribution in [0.2, 0.25) is 5.02 Å². The highest BCUT2D eigenvalue weighted by Gasteiger charge is 2.54. The third kappa shape index (κ3) is 2.42. The predicted octanol–water partition coefficient (Wildman–Crippen LogP) is 4.43. The molecule has 0 unspecified atom stereocenters. The van der Waals surface area contributed by atoms with Crippen LogP contribution in [0.1, 0.15) is 25.5 Å². The van der Waals surface area contributed by atoms with Crippen LogP contribution in [0.4, 0.5) is 11.4 Å². The van der Waals surface area contributed by atoms with Crippen molar-refractivity contribution >= 4 is 40.3 Å². The number of nitro benzene ring substituents is 1. The van der Waals surface area contributed by atoms with Crippen molar-refractivity contribution in [2.45, 2.75) is 25.6 Å². The van der Waals surface area contributed by atoms with Crippen LogP contribution in [0.15, 0.2) is 42.5 Å². The Hall–Kier alpha value is -2.38. The molecule has 3 atom stereocenters. The van der Waals surface area contributed by atoms with Crippen molar-refractivity contribution in [1.82, 2.24) is 5.32 Å². The molecule has 0 spiro atoms. The van der Waals surface area contributed by atoms with Crippen LogP contribution >= 0.6 is 23.8 Å². The SMILES string of the molecule is C[C@H]1[C@@H]2NC(=S)N(c3cccc(Cl)c3)[C@@]1(C)Oc1ccc([N+](=O)[O-])cc12. The number of benzene rings is 2. The molecular formula is C18H16ClN3O3S. The summed E-state index contributed by atoms with van der Waals surface area (Å²) in [6.45, 7) is 4.02. The molecule has 2 aliphatic heterocycles. The molecule has 4 rings (SSSR count). The van der Waals surface area contributed by atoms with E-state index in [1.807, 2.05) is 36.9 Å². The van der Waals surface area contributed by atoms with E-state index in [0.29, 0.717) is 15.9 Å². The Bertz CT molecular complexity index is 938. The number of thiocarbonyl (C=S) groups is 1. The van der Waals surface area contributed by atoms with Gasteiger partial charge >= 0.3 is 0 Å². The van der Waals surface area contributed by atoms with Gasteiger partial charge in [0.2, 0.25) is 0 Å². The second kappa shape index (κ2) is 5.82. The fraction of sp³-hybridized carbons (Fsp3) is 0.278. The number of non-ortho nitro benzene ring substituents is 1. The average Bonchev–Trinajstić information content (AvgIpc) is 2.57. The van der Waals surface area contributed by atoms with Gasteiger partial charge in [-0.25, -0.2) is 0 Å². The molecule has 0 radical (unpaired) electrons. The molecule has 26 heavy (non-hydrogen) atoms. The average molecular weight is 390 g/mol.